The second-order valence-corrected chi connectivity index (χ2v) is 8.51. The predicted octanol–water partition coefficient (Wildman–Crippen LogP) is 4.90. The lowest BCUT2D eigenvalue weighted by atomic mass is 10.1. The van der Waals surface area contributed by atoms with Gasteiger partial charge >= 0.3 is 11.8 Å². The van der Waals surface area contributed by atoms with Crippen molar-refractivity contribution in [2.75, 3.05) is 10.7 Å². The highest BCUT2D eigenvalue weighted by Gasteiger charge is 2.21. The Morgan fingerprint density at radius 1 is 0.853 bits per heavy atom. The summed E-state index contributed by atoms with van der Waals surface area (Å²) >= 11 is 12.1. The number of anilines is 1. The molecule has 0 atom stereocenters. The van der Waals surface area contributed by atoms with Gasteiger partial charge in [0.2, 0.25) is 0 Å². The van der Waals surface area contributed by atoms with E-state index >= 15 is 0 Å². The van der Waals surface area contributed by atoms with Gasteiger partial charge < -0.3 is 10.6 Å². The van der Waals surface area contributed by atoms with E-state index in [0.717, 1.165) is 11.1 Å². The van der Waals surface area contributed by atoms with Crippen molar-refractivity contribution in [3.05, 3.63) is 99.7 Å². The third kappa shape index (κ3) is 5.39. The van der Waals surface area contributed by atoms with Crippen LogP contribution in [0.15, 0.2) is 72.8 Å². The number of fused-ring (bicyclic) bond motifs is 1. The van der Waals surface area contributed by atoms with Gasteiger partial charge in [-0.3, -0.25) is 19.8 Å². The highest BCUT2D eigenvalue weighted by atomic mass is 35.5. The Morgan fingerprint density at radius 2 is 1.59 bits per heavy atom. The summed E-state index contributed by atoms with van der Waals surface area (Å²) in [5.74, 6) is -2.26. The lowest BCUT2D eigenvalue weighted by Crippen LogP contribution is -2.39. The number of amides is 3. The topological polar surface area (TPSA) is 92.2 Å². The molecule has 0 unspecified atom stereocenters. The predicted molar refractivity (Wildman–Crippen MR) is 134 cm³/mol. The van der Waals surface area contributed by atoms with Crippen LogP contribution in [-0.2, 0) is 16.1 Å². The minimum atomic E-state index is -0.920. The molecule has 34 heavy (non-hydrogen) atoms. The smallest absolute Gasteiger partial charge is 0.328 e. The molecule has 0 saturated heterocycles. The van der Waals surface area contributed by atoms with Gasteiger partial charge in [-0.2, -0.15) is 0 Å². The molecule has 3 aromatic carbocycles. The molecule has 0 saturated carbocycles. The summed E-state index contributed by atoms with van der Waals surface area (Å²) in [5.41, 5.74) is 5.55. The number of halogens is 2. The average Bonchev–Trinajstić information content (AvgIpc) is 3.15. The molecule has 172 valence electrons. The molecule has 4 rings (SSSR count). The van der Waals surface area contributed by atoms with Crippen LogP contribution in [-0.4, -0.2) is 22.4 Å². The molecule has 0 aliphatic rings. The number of aryl methyl sites for hydroxylation is 1. The Hall–Kier alpha value is -3.81. The van der Waals surface area contributed by atoms with Crippen LogP contribution in [0.3, 0.4) is 0 Å². The van der Waals surface area contributed by atoms with E-state index < -0.39 is 17.7 Å². The number of benzene rings is 3. The number of aromatic nitrogens is 1. The minimum absolute atomic E-state index is 0.108. The fourth-order valence-corrected chi connectivity index (χ4v) is 3.73. The molecule has 3 amide bonds. The average molecular weight is 495 g/mol. The first-order chi connectivity index (χ1) is 16.3. The zero-order valence-corrected chi connectivity index (χ0v) is 19.6. The van der Waals surface area contributed by atoms with Gasteiger partial charge in [0.25, 0.3) is 5.91 Å². The van der Waals surface area contributed by atoms with Crippen LogP contribution >= 0.6 is 23.2 Å². The first-order valence-corrected chi connectivity index (χ1v) is 11.1. The Morgan fingerprint density at radius 3 is 2.32 bits per heavy atom. The molecule has 9 heteroatoms. The summed E-state index contributed by atoms with van der Waals surface area (Å²) in [5, 5.41) is 6.86. The van der Waals surface area contributed by atoms with Crippen molar-refractivity contribution < 1.29 is 14.4 Å². The van der Waals surface area contributed by atoms with Crippen molar-refractivity contribution in [1.82, 2.24) is 9.99 Å². The molecule has 0 bridgehead atoms. The molecule has 0 spiro atoms. The molecule has 0 fully saturated rings. The van der Waals surface area contributed by atoms with Gasteiger partial charge in [0.05, 0.1) is 5.52 Å². The number of carbonyl (C=O) groups excluding carboxylic acids is 3. The standard InChI is InChI=1S/C25H20Cl2N4O3/c1-15-5-7-16(8-6-15)14-28-24(33)25(34)30-31-21-10-9-19(27)11-17(21)12-22(31)23(32)29-20-4-2-3-18(26)13-20/h2-13H,14H2,1H3,(H,28,33)(H,29,32)(H,30,34). The van der Waals surface area contributed by atoms with Crippen LogP contribution < -0.4 is 16.1 Å². The highest BCUT2D eigenvalue weighted by Crippen LogP contribution is 2.24. The van der Waals surface area contributed by atoms with Gasteiger partial charge in [0.15, 0.2) is 0 Å². The summed E-state index contributed by atoms with van der Waals surface area (Å²) in [6.45, 7) is 2.15. The summed E-state index contributed by atoms with van der Waals surface area (Å²) in [6.07, 6.45) is 0. The fourth-order valence-electron chi connectivity index (χ4n) is 3.36. The Kier molecular flexibility index (Phi) is 6.86. The van der Waals surface area contributed by atoms with Gasteiger partial charge in [-0.25, -0.2) is 4.68 Å². The molecule has 1 heterocycles. The Bertz CT molecular complexity index is 1400. The van der Waals surface area contributed by atoms with Gasteiger partial charge in [-0.15, -0.1) is 0 Å². The van der Waals surface area contributed by atoms with E-state index in [1.165, 1.54) is 4.68 Å². The maximum atomic E-state index is 13.0. The zero-order chi connectivity index (χ0) is 24.2. The van der Waals surface area contributed by atoms with E-state index in [0.29, 0.717) is 26.6 Å². The Labute approximate surface area is 205 Å². The molecule has 0 aliphatic carbocycles. The quantitative estimate of drug-likeness (QED) is 0.344. The van der Waals surface area contributed by atoms with Crippen molar-refractivity contribution in [2.45, 2.75) is 13.5 Å². The molecule has 0 radical (unpaired) electrons. The highest BCUT2D eigenvalue weighted by molar-refractivity contribution is 6.38. The third-order valence-corrected chi connectivity index (χ3v) is 5.54. The molecule has 1 aromatic heterocycles. The van der Waals surface area contributed by atoms with E-state index in [-0.39, 0.29) is 12.2 Å². The summed E-state index contributed by atoms with van der Waals surface area (Å²) in [7, 11) is 0. The van der Waals surface area contributed by atoms with Crippen LogP contribution in [0, 0.1) is 6.92 Å². The second kappa shape index (κ2) is 9.99. The van der Waals surface area contributed by atoms with Crippen molar-refractivity contribution in [1.29, 1.82) is 0 Å². The van der Waals surface area contributed by atoms with Crippen molar-refractivity contribution in [2.24, 2.45) is 0 Å². The van der Waals surface area contributed by atoms with Crippen LogP contribution in [0.25, 0.3) is 10.9 Å². The van der Waals surface area contributed by atoms with Crippen LogP contribution in [0.4, 0.5) is 5.69 Å². The first kappa shape index (κ1) is 23.4. The van der Waals surface area contributed by atoms with Gasteiger partial charge in [0.1, 0.15) is 5.69 Å². The van der Waals surface area contributed by atoms with Crippen LogP contribution in [0.5, 0.6) is 0 Å². The lowest BCUT2D eigenvalue weighted by molar-refractivity contribution is -0.136. The molecule has 4 aromatic rings. The monoisotopic (exact) mass is 494 g/mol. The van der Waals surface area contributed by atoms with Crippen LogP contribution in [0.1, 0.15) is 21.6 Å². The number of nitrogens with one attached hydrogen (secondary N) is 3. The second-order valence-electron chi connectivity index (χ2n) is 7.64. The lowest BCUT2D eigenvalue weighted by Gasteiger charge is -2.13. The molecule has 3 N–H and O–H groups in total. The van der Waals surface area contributed by atoms with E-state index in [9.17, 15) is 14.4 Å². The maximum absolute atomic E-state index is 13.0. The SMILES string of the molecule is Cc1ccc(CNC(=O)C(=O)Nn2c(C(=O)Nc3cccc(Cl)c3)cc3cc(Cl)ccc32)cc1. The minimum Gasteiger partial charge on any atom is -0.344 e. The first-order valence-electron chi connectivity index (χ1n) is 10.3. The molecular formula is C25H20Cl2N4O3. The molecule has 0 aliphatic heterocycles. The van der Waals surface area contributed by atoms with Crippen LogP contribution in [0.2, 0.25) is 10.0 Å². The number of carbonyl (C=O) groups is 3. The fraction of sp³-hybridized carbons (Fsp3) is 0.0800. The van der Waals surface area contributed by atoms with E-state index in [1.54, 1.807) is 48.5 Å². The zero-order valence-electron chi connectivity index (χ0n) is 18.1. The van der Waals surface area contributed by atoms with Crippen molar-refractivity contribution in [3.8, 4) is 0 Å². The maximum Gasteiger partial charge on any atom is 0.328 e. The number of hydrogen-bond donors (Lipinski definition) is 3. The van der Waals surface area contributed by atoms with Crippen molar-refractivity contribution >= 4 is 57.5 Å². The molecule has 7 nitrogen and oxygen atoms in total. The van der Waals surface area contributed by atoms with E-state index in [1.807, 2.05) is 31.2 Å². The number of hydrogen-bond acceptors (Lipinski definition) is 3. The summed E-state index contributed by atoms with van der Waals surface area (Å²) < 4.78 is 1.26. The number of rotatable bonds is 5. The van der Waals surface area contributed by atoms with E-state index in [4.69, 9.17) is 23.2 Å². The summed E-state index contributed by atoms with van der Waals surface area (Å²) in [6, 6.07) is 20.8. The van der Waals surface area contributed by atoms with E-state index in [2.05, 4.69) is 16.1 Å². The summed E-state index contributed by atoms with van der Waals surface area (Å²) in [4.78, 5) is 38.1. The van der Waals surface area contributed by atoms with Crippen molar-refractivity contribution in [3.63, 3.8) is 0 Å². The van der Waals surface area contributed by atoms with Gasteiger partial charge in [0, 0.05) is 27.7 Å². The number of nitrogens with zero attached hydrogens (tertiary/aromatic N) is 1. The third-order valence-electron chi connectivity index (χ3n) is 5.07. The largest absolute Gasteiger partial charge is 0.344 e. The molecular weight excluding hydrogens is 475 g/mol. The normalized spacial score (nSPS) is 10.7. The Balaban J connectivity index is 1.56. The van der Waals surface area contributed by atoms with Gasteiger partial charge in [-0.05, 0) is 55.0 Å². The van der Waals surface area contributed by atoms with Gasteiger partial charge in [-0.1, -0.05) is 59.1 Å².